The number of rotatable bonds is 2. The lowest BCUT2D eigenvalue weighted by atomic mass is 9.84. The van der Waals surface area contributed by atoms with Crippen LogP contribution < -0.4 is 0 Å². The van der Waals surface area contributed by atoms with Crippen molar-refractivity contribution in [1.29, 1.82) is 0 Å². The minimum Gasteiger partial charge on any atom is -0.490 e. The smallest absolute Gasteiger partial charge is 0.133 e. The van der Waals surface area contributed by atoms with Crippen molar-refractivity contribution >= 4 is 5.78 Å². The fourth-order valence-corrected chi connectivity index (χ4v) is 1.79. The molecule has 2 heteroatoms. The summed E-state index contributed by atoms with van der Waals surface area (Å²) >= 11 is 0. The molecule has 0 aliphatic carbocycles. The lowest BCUT2D eigenvalue weighted by molar-refractivity contribution is -0.116. The zero-order valence-electron chi connectivity index (χ0n) is 10.8. The van der Waals surface area contributed by atoms with Crippen molar-refractivity contribution in [3.8, 4) is 0 Å². The second kappa shape index (κ2) is 4.86. The molecule has 2 nitrogen and oxygen atoms in total. The van der Waals surface area contributed by atoms with Gasteiger partial charge in [0.2, 0.25) is 0 Å². The second-order valence-corrected chi connectivity index (χ2v) is 5.28. The molecular weight excluding hydrogens is 200 g/mol. The standard InChI is InChI=1S/C14H22O2/c1-10-8-9-14(4,5)13(16-12(10)3)7-6-11(2)15/h7,12H,1,6,8-9H2,2-5H3/b13-7-. The molecule has 0 spiro atoms. The molecule has 1 fully saturated rings. The van der Waals surface area contributed by atoms with Gasteiger partial charge in [-0.3, -0.25) is 4.79 Å². The third-order valence-corrected chi connectivity index (χ3v) is 3.19. The van der Waals surface area contributed by atoms with E-state index in [1.165, 1.54) is 0 Å². The quantitative estimate of drug-likeness (QED) is 0.667. The molecule has 1 unspecified atom stereocenters. The summed E-state index contributed by atoms with van der Waals surface area (Å²) in [6, 6.07) is 0. The van der Waals surface area contributed by atoms with E-state index in [0.29, 0.717) is 6.42 Å². The topological polar surface area (TPSA) is 26.3 Å². The zero-order valence-corrected chi connectivity index (χ0v) is 10.8. The van der Waals surface area contributed by atoms with Crippen LogP contribution in [0.15, 0.2) is 24.0 Å². The maximum Gasteiger partial charge on any atom is 0.133 e. The van der Waals surface area contributed by atoms with Gasteiger partial charge in [-0.15, -0.1) is 0 Å². The summed E-state index contributed by atoms with van der Waals surface area (Å²) in [5, 5.41) is 0. The second-order valence-electron chi connectivity index (χ2n) is 5.28. The molecule has 0 aromatic rings. The van der Waals surface area contributed by atoms with Crippen LogP contribution in [0.2, 0.25) is 0 Å². The van der Waals surface area contributed by atoms with Crippen molar-refractivity contribution in [3.05, 3.63) is 24.0 Å². The largest absolute Gasteiger partial charge is 0.490 e. The van der Waals surface area contributed by atoms with Crippen LogP contribution >= 0.6 is 0 Å². The number of hydrogen-bond acceptors (Lipinski definition) is 2. The van der Waals surface area contributed by atoms with E-state index < -0.39 is 0 Å². The Morgan fingerprint density at radius 3 is 2.81 bits per heavy atom. The summed E-state index contributed by atoms with van der Waals surface area (Å²) in [7, 11) is 0. The first-order valence-corrected chi connectivity index (χ1v) is 5.87. The molecule has 1 aliphatic heterocycles. The Bertz CT molecular complexity index is 324. The van der Waals surface area contributed by atoms with Gasteiger partial charge in [0.05, 0.1) is 5.76 Å². The van der Waals surface area contributed by atoms with Gasteiger partial charge in [0.1, 0.15) is 11.9 Å². The number of hydrogen-bond donors (Lipinski definition) is 0. The SMILES string of the molecule is C=C1CCC(C)(C)/C(=C/CC(C)=O)OC1C. The molecule has 0 saturated carbocycles. The molecule has 1 atom stereocenters. The average Bonchev–Trinajstić information content (AvgIpc) is 2.27. The Balaban J connectivity index is 2.89. The summed E-state index contributed by atoms with van der Waals surface area (Å²) in [5.41, 5.74) is 1.14. The number of carbonyl (C=O) groups is 1. The summed E-state index contributed by atoms with van der Waals surface area (Å²) in [4.78, 5) is 11.0. The first kappa shape index (κ1) is 13.0. The number of ketones is 1. The van der Waals surface area contributed by atoms with Gasteiger partial charge in [-0.2, -0.15) is 0 Å². The molecule has 1 rings (SSSR count). The van der Waals surface area contributed by atoms with Gasteiger partial charge in [0, 0.05) is 11.8 Å². The van der Waals surface area contributed by atoms with Crippen molar-refractivity contribution in [3.63, 3.8) is 0 Å². The van der Waals surface area contributed by atoms with E-state index in [0.717, 1.165) is 24.2 Å². The average molecular weight is 222 g/mol. The van der Waals surface area contributed by atoms with Crippen LogP contribution in [0.3, 0.4) is 0 Å². The highest BCUT2D eigenvalue weighted by atomic mass is 16.5. The van der Waals surface area contributed by atoms with E-state index in [9.17, 15) is 4.79 Å². The van der Waals surface area contributed by atoms with E-state index >= 15 is 0 Å². The highest BCUT2D eigenvalue weighted by Gasteiger charge is 2.30. The highest BCUT2D eigenvalue weighted by Crippen LogP contribution is 2.39. The number of Topliss-reactive ketones (excluding diaryl/α,β-unsaturated/α-hetero) is 1. The van der Waals surface area contributed by atoms with Crippen molar-refractivity contribution in [2.45, 2.75) is 53.1 Å². The lowest BCUT2D eigenvalue weighted by Gasteiger charge is -2.26. The van der Waals surface area contributed by atoms with Crippen LogP contribution in [-0.2, 0) is 9.53 Å². The summed E-state index contributed by atoms with van der Waals surface area (Å²) in [6.07, 6.45) is 4.46. The van der Waals surface area contributed by atoms with Gasteiger partial charge < -0.3 is 4.74 Å². The van der Waals surface area contributed by atoms with Crippen LogP contribution in [-0.4, -0.2) is 11.9 Å². The highest BCUT2D eigenvalue weighted by molar-refractivity contribution is 5.77. The third-order valence-electron chi connectivity index (χ3n) is 3.19. The van der Waals surface area contributed by atoms with Gasteiger partial charge in [-0.25, -0.2) is 0 Å². The van der Waals surface area contributed by atoms with Crippen LogP contribution in [0.5, 0.6) is 0 Å². The Kier molecular flexibility index (Phi) is 3.95. The van der Waals surface area contributed by atoms with E-state index in [1.807, 2.05) is 13.0 Å². The van der Waals surface area contributed by atoms with Crippen molar-refractivity contribution in [2.75, 3.05) is 0 Å². The first-order chi connectivity index (χ1) is 7.33. The molecular formula is C14H22O2. The molecule has 90 valence electrons. The minimum atomic E-state index is 0.00312. The Labute approximate surface area is 98.4 Å². The van der Waals surface area contributed by atoms with Crippen LogP contribution in [0.1, 0.15) is 47.0 Å². The van der Waals surface area contributed by atoms with Crippen molar-refractivity contribution in [2.24, 2.45) is 5.41 Å². The normalized spacial score (nSPS) is 27.4. The molecule has 0 aromatic heterocycles. The maximum atomic E-state index is 11.0. The van der Waals surface area contributed by atoms with Gasteiger partial charge in [-0.05, 0) is 38.3 Å². The molecule has 0 aromatic carbocycles. The Morgan fingerprint density at radius 2 is 2.25 bits per heavy atom. The van der Waals surface area contributed by atoms with E-state index in [1.54, 1.807) is 6.92 Å². The predicted molar refractivity (Wildman–Crippen MR) is 66.1 cm³/mol. The van der Waals surface area contributed by atoms with Crippen LogP contribution in [0.25, 0.3) is 0 Å². The van der Waals surface area contributed by atoms with E-state index in [2.05, 4.69) is 20.4 Å². The minimum absolute atomic E-state index is 0.00312. The molecule has 0 amide bonds. The fourth-order valence-electron chi connectivity index (χ4n) is 1.79. The van der Waals surface area contributed by atoms with Gasteiger partial charge in [0.15, 0.2) is 0 Å². The fraction of sp³-hybridized carbons (Fsp3) is 0.643. The van der Waals surface area contributed by atoms with Crippen LogP contribution in [0, 0.1) is 5.41 Å². The van der Waals surface area contributed by atoms with Crippen molar-refractivity contribution in [1.82, 2.24) is 0 Å². The first-order valence-electron chi connectivity index (χ1n) is 5.87. The van der Waals surface area contributed by atoms with Gasteiger partial charge in [0.25, 0.3) is 0 Å². The summed E-state index contributed by atoms with van der Waals surface area (Å²) in [6.45, 7) is 12.0. The predicted octanol–water partition coefficient (Wildman–Crippen LogP) is 3.63. The Hall–Kier alpha value is -1.05. The van der Waals surface area contributed by atoms with Gasteiger partial charge in [-0.1, -0.05) is 20.4 Å². The van der Waals surface area contributed by atoms with E-state index in [4.69, 9.17) is 4.74 Å². The summed E-state index contributed by atoms with van der Waals surface area (Å²) < 4.78 is 5.90. The molecule has 1 saturated heterocycles. The molecule has 0 bridgehead atoms. The Morgan fingerprint density at radius 1 is 1.62 bits per heavy atom. The molecule has 1 aliphatic rings. The van der Waals surface area contributed by atoms with Crippen LogP contribution in [0.4, 0.5) is 0 Å². The number of carbonyl (C=O) groups excluding carboxylic acids is 1. The number of allylic oxidation sites excluding steroid dienone is 2. The summed E-state index contributed by atoms with van der Waals surface area (Å²) in [5.74, 6) is 1.11. The maximum absolute atomic E-state index is 11.0. The molecule has 0 radical (unpaired) electrons. The lowest BCUT2D eigenvalue weighted by Crippen LogP contribution is -2.17. The molecule has 0 N–H and O–H groups in total. The number of ether oxygens (including phenoxy) is 1. The van der Waals surface area contributed by atoms with E-state index in [-0.39, 0.29) is 17.3 Å². The monoisotopic (exact) mass is 222 g/mol. The van der Waals surface area contributed by atoms with Gasteiger partial charge >= 0.3 is 0 Å². The third kappa shape index (κ3) is 3.22. The molecule has 1 heterocycles. The zero-order chi connectivity index (χ0) is 12.3. The van der Waals surface area contributed by atoms with Crippen molar-refractivity contribution < 1.29 is 9.53 Å². The molecule has 16 heavy (non-hydrogen) atoms.